The van der Waals surface area contributed by atoms with Crippen LogP contribution in [0.15, 0.2) is 146 Å². The van der Waals surface area contributed by atoms with Gasteiger partial charge in [0.1, 0.15) is 11.6 Å². The lowest BCUT2D eigenvalue weighted by atomic mass is 9.77. The Morgan fingerprint density at radius 1 is 0.625 bits per heavy atom. The summed E-state index contributed by atoms with van der Waals surface area (Å²) in [5.74, 6) is 0. The average molecular weight is 520 g/mol. The second-order valence-electron chi connectivity index (χ2n) is 10.3. The largest absolute Gasteiger partial charge is 0.382 e. The highest BCUT2D eigenvalue weighted by atomic mass is 16.3. The number of aromatic nitrogens is 3. The summed E-state index contributed by atoms with van der Waals surface area (Å²) in [7, 11) is 2.07. The van der Waals surface area contributed by atoms with Gasteiger partial charge in [-0.15, -0.1) is 0 Å². The first-order valence-electron chi connectivity index (χ1n) is 13.5. The number of fused-ring (bicyclic) bond motifs is 3. The fourth-order valence-corrected chi connectivity index (χ4v) is 6.17. The van der Waals surface area contributed by atoms with Crippen LogP contribution in [0.2, 0.25) is 0 Å². The van der Waals surface area contributed by atoms with Gasteiger partial charge in [-0.25, -0.2) is 4.98 Å². The molecule has 0 amide bonds. The topological polar surface area (TPSA) is 43.0 Å². The summed E-state index contributed by atoms with van der Waals surface area (Å²) in [5, 5.41) is 14.0. The number of aryl methyl sites for hydroxylation is 1. The molecule has 0 aliphatic rings. The van der Waals surface area contributed by atoms with Crippen LogP contribution in [0.3, 0.4) is 0 Å². The minimum absolute atomic E-state index is 0.602. The van der Waals surface area contributed by atoms with E-state index in [2.05, 4.69) is 125 Å². The van der Waals surface area contributed by atoms with E-state index in [9.17, 15) is 5.11 Å². The number of hydrogen-bond acceptors (Lipinski definition) is 2. The van der Waals surface area contributed by atoms with Crippen molar-refractivity contribution in [3.8, 4) is 0 Å². The molecule has 1 N–H and O–H groups in total. The van der Waals surface area contributed by atoms with Gasteiger partial charge < -0.3 is 14.2 Å². The Morgan fingerprint density at radius 2 is 1.15 bits per heavy atom. The van der Waals surface area contributed by atoms with Gasteiger partial charge in [0.15, 0.2) is 0 Å². The van der Waals surface area contributed by atoms with E-state index in [4.69, 9.17) is 4.98 Å². The molecule has 0 aliphatic carbocycles. The molecule has 4 nitrogen and oxygen atoms in total. The van der Waals surface area contributed by atoms with E-state index in [1.165, 1.54) is 16.3 Å². The molecule has 7 rings (SSSR count). The van der Waals surface area contributed by atoms with Crippen molar-refractivity contribution in [3.63, 3.8) is 0 Å². The van der Waals surface area contributed by atoms with Gasteiger partial charge in [-0.3, -0.25) is 0 Å². The highest BCUT2D eigenvalue weighted by Gasteiger charge is 2.38. The molecule has 0 saturated carbocycles. The van der Waals surface area contributed by atoms with E-state index >= 15 is 0 Å². The molecular formula is C36H29N3O. The molecule has 1 atom stereocenters. The number of benzene rings is 5. The average Bonchev–Trinajstić information content (AvgIpc) is 3.63. The number of nitrogens with zero attached hydrogens (tertiary/aromatic N) is 3. The Morgan fingerprint density at radius 3 is 1.75 bits per heavy atom. The lowest BCUT2D eigenvalue weighted by molar-refractivity contribution is 0.216. The van der Waals surface area contributed by atoms with Crippen molar-refractivity contribution in [2.75, 3.05) is 0 Å². The maximum atomic E-state index is 11.6. The van der Waals surface area contributed by atoms with E-state index < -0.39 is 11.6 Å². The van der Waals surface area contributed by atoms with E-state index in [0.717, 1.165) is 27.8 Å². The van der Waals surface area contributed by atoms with Crippen molar-refractivity contribution < 1.29 is 5.11 Å². The Balaban J connectivity index is 1.39. The van der Waals surface area contributed by atoms with E-state index in [1.54, 1.807) is 0 Å². The molecule has 4 heteroatoms. The van der Waals surface area contributed by atoms with Crippen LogP contribution >= 0.6 is 0 Å². The van der Waals surface area contributed by atoms with E-state index in [0.29, 0.717) is 5.69 Å². The van der Waals surface area contributed by atoms with Gasteiger partial charge in [0.2, 0.25) is 0 Å². The predicted molar refractivity (Wildman–Crippen MR) is 161 cm³/mol. The molecule has 0 spiro atoms. The van der Waals surface area contributed by atoms with Crippen LogP contribution in [0.5, 0.6) is 0 Å². The SMILES string of the molecule is Cn1c2ccccc2c2ccc(C(O)c3cn(C(c4ccccc4)(c4ccccc4)c4ccccc4)cn3)cc21. The molecule has 40 heavy (non-hydrogen) atoms. The van der Waals surface area contributed by atoms with Gasteiger partial charge in [-0.05, 0) is 34.4 Å². The van der Waals surface area contributed by atoms with E-state index in [-0.39, 0.29) is 0 Å². The van der Waals surface area contributed by atoms with Crippen LogP contribution in [0, 0.1) is 0 Å². The summed E-state index contributed by atoms with van der Waals surface area (Å²) in [5.41, 5.74) is 6.34. The van der Waals surface area contributed by atoms with Gasteiger partial charge in [0.25, 0.3) is 0 Å². The summed E-state index contributed by atoms with van der Waals surface area (Å²) in [6, 6.07) is 46.1. The van der Waals surface area contributed by atoms with Crippen LogP contribution < -0.4 is 0 Å². The molecule has 5 aromatic carbocycles. The molecule has 2 heterocycles. The standard InChI is InChI=1S/C36H29N3O/c1-38-33-20-12-11-19-30(33)31-22-21-26(23-34(31)38)35(40)32-24-39(25-37-32)36(27-13-5-2-6-14-27,28-15-7-3-8-16-28)29-17-9-4-10-18-29/h2-25,35,40H,1H3. The van der Waals surface area contributed by atoms with Crippen LogP contribution in [0.25, 0.3) is 21.8 Å². The minimum Gasteiger partial charge on any atom is -0.382 e. The number of aliphatic hydroxyl groups is 1. The van der Waals surface area contributed by atoms with Crippen LogP contribution in [-0.4, -0.2) is 19.2 Å². The van der Waals surface area contributed by atoms with Crippen molar-refractivity contribution in [3.05, 3.63) is 174 Å². The zero-order valence-corrected chi connectivity index (χ0v) is 22.2. The van der Waals surface area contributed by atoms with Gasteiger partial charge in [0.05, 0.1) is 12.0 Å². The number of imidazole rings is 1. The van der Waals surface area contributed by atoms with Gasteiger partial charge in [-0.2, -0.15) is 0 Å². The molecule has 0 radical (unpaired) electrons. The van der Waals surface area contributed by atoms with Crippen LogP contribution in [0.1, 0.15) is 34.1 Å². The maximum Gasteiger partial charge on any atom is 0.123 e. The number of hydrogen-bond donors (Lipinski definition) is 1. The fraction of sp³-hybridized carbons (Fsp3) is 0.0833. The van der Waals surface area contributed by atoms with E-state index in [1.807, 2.05) is 36.8 Å². The summed E-state index contributed by atoms with van der Waals surface area (Å²) < 4.78 is 4.33. The summed E-state index contributed by atoms with van der Waals surface area (Å²) >= 11 is 0. The second-order valence-corrected chi connectivity index (χ2v) is 10.3. The molecular weight excluding hydrogens is 490 g/mol. The molecule has 0 aliphatic heterocycles. The third-order valence-corrected chi connectivity index (χ3v) is 8.10. The summed E-state index contributed by atoms with van der Waals surface area (Å²) in [6.45, 7) is 0. The monoisotopic (exact) mass is 519 g/mol. The zero-order valence-electron chi connectivity index (χ0n) is 22.2. The first-order chi connectivity index (χ1) is 19.7. The van der Waals surface area contributed by atoms with Crippen molar-refractivity contribution in [1.82, 2.24) is 14.1 Å². The van der Waals surface area contributed by atoms with Crippen molar-refractivity contribution in [2.45, 2.75) is 11.6 Å². The van der Waals surface area contributed by atoms with Crippen molar-refractivity contribution in [2.24, 2.45) is 7.05 Å². The highest BCUT2D eigenvalue weighted by molar-refractivity contribution is 6.08. The van der Waals surface area contributed by atoms with Gasteiger partial charge in [-0.1, -0.05) is 121 Å². The summed E-state index contributed by atoms with van der Waals surface area (Å²) in [6.07, 6.45) is 2.97. The number of aliphatic hydroxyl groups excluding tert-OH is 1. The molecule has 1 unspecified atom stereocenters. The third kappa shape index (κ3) is 3.69. The van der Waals surface area contributed by atoms with Gasteiger partial charge in [0, 0.05) is 35.1 Å². The second kappa shape index (κ2) is 9.67. The Hall–Kier alpha value is -4.93. The molecule has 0 fully saturated rings. The maximum absolute atomic E-state index is 11.6. The molecule has 194 valence electrons. The normalized spacial score (nSPS) is 12.7. The fourth-order valence-electron chi connectivity index (χ4n) is 6.17. The zero-order chi connectivity index (χ0) is 27.1. The predicted octanol–water partition coefficient (Wildman–Crippen LogP) is 7.45. The van der Waals surface area contributed by atoms with Crippen molar-refractivity contribution >= 4 is 21.8 Å². The Kier molecular flexibility index (Phi) is 5.84. The number of para-hydroxylation sites is 1. The Bertz CT molecular complexity index is 1820. The first-order valence-corrected chi connectivity index (χ1v) is 13.5. The molecule has 2 aromatic heterocycles. The first kappa shape index (κ1) is 24.1. The highest BCUT2D eigenvalue weighted by Crippen LogP contribution is 2.41. The minimum atomic E-state index is -0.872. The molecule has 7 aromatic rings. The van der Waals surface area contributed by atoms with Crippen molar-refractivity contribution in [1.29, 1.82) is 0 Å². The van der Waals surface area contributed by atoms with Crippen LogP contribution in [0.4, 0.5) is 0 Å². The Labute approximate surface area is 233 Å². The number of rotatable bonds is 6. The molecule has 0 saturated heterocycles. The quantitative estimate of drug-likeness (QED) is 0.232. The smallest absolute Gasteiger partial charge is 0.123 e. The molecule has 0 bridgehead atoms. The lowest BCUT2D eigenvalue weighted by Crippen LogP contribution is -2.37. The van der Waals surface area contributed by atoms with Gasteiger partial charge >= 0.3 is 0 Å². The third-order valence-electron chi connectivity index (χ3n) is 8.10. The lowest BCUT2D eigenvalue weighted by Gasteiger charge is -2.37. The van der Waals surface area contributed by atoms with Crippen LogP contribution in [-0.2, 0) is 12.6 Å². The summed E-state index contributed by atoms with van der Waals surface area (Å²) in [4.78, 5) is 4.79.